The van der Waals surface area contributed by atoms with Crippen molar-refractivity contribution in [3.8, 4) is 5.75 Å². The standard InChI is InChI=1S/C19H17ClN2O3/c1-11-16(18(23)12-7-9-13(20)10-8-12)17(22-19(24)21-11)14-5-3-4-6-15(14)25-2/h3-10,17H,1-2H3,(H2,21,22,24)/t17-/m1/s1. The van der Waals surface area contributed by atoms with Crippen molar-refractivity contribution in [3.05, 3.63) is 76.0 Å². The van der Waals surface area contributed by atoms with E-state index in [0.717, 1.165) is 5.56 Å². The number of hydrogen-bond acceptors (Lipinski definition) is 3. The summed E-state index contributed by atoms with van der Waals surface area (Å²) in [7, 11) is 1.55. The number of nitrogens with one attached hydrogen (secondary N) is 2. The van der Waals surface area contributed by atoms with Crippen LogP contribution in [-0.4, -0.2) is 18.9 Å². The fourth-order valence-corrected chi connectivity index (χ4v) is 3.02. The summed E-state index contributed by atoms with van der Waals surface area (Å²) in [6.45, 7) is 1.71. The minimum Gasteiger partial charge on any atom is -0.496 e. The minimum absolute atomic E-state index is 0.183. The molecule has 0 radical (unpaired) electrons. The largest absolute Gasteiger partial charge is 0.496 e. The predicted octanol–water partition coefficient (Wildman–Crippen LogP) is 3.86. The Kier molecular flexibility index (Phi) is 4.76. The normalized spacial score (nSPS) is 16.9. The Hall–Kier alpha value is -2.79. The van der Waals surface area contributed by atoms with Crippen LogP contribution in [0.4, 0.5) is 4.79 Å². The number of para-hydroxylation sites is 1. The highest BCUT2D eigenvalue weighted by atomic mass is 35.5. The molecule has 0 spiro atoms. The van der Waals surface area contributed by atoms with Gasteiger partial charge >= 0.3 is 6.03 Å². The average Bonchev–Trinajstić information content (AvgIpc) is 2.61. The van der Waals surface area contributed by atoms with Gasteiger partial charge in [0.1, 0.15) is 5.75 Å². The first kappa shape index (κ1) is 17.0. The Balaban J connectivity index is 2.09. The third-order valence-corrected chi connectivity index (χ3v) is 4.32. The molecule has 1 aliphatic heterocycles. The molecule has 0 saturated carbocycles. The number of Topliss-reactive ketones (excluding diaryl/α,β-unsaturated/α-hetero) is 1. The molecule has 3 rings (SSSR count). The van der Waals surface area contributed by atoms with Crippen molar-refractivity contribution in [1.82, 2.24) is 10.6 Å². The van der Waals surface area contributed by atoms with Crippen LogP contribution >= 0.6 is 11.6 Å². The van der Waals surface area contributed by atoms with Gasteiger partial charge in [-0.1, -0.05) is 29.8 Å². The highest BCUT2D eigenvalue weighted by Gasteiger charge is 2.33. The summed E-state index contributed by atoms with van der Waals surface area (Å²) < 4.78 is 5.40. The molecule has 5 nitrogen and oxygen atoms in total. The predicted molar refractivity (Wildman–Crippen MR) is 95.9 cm³/mol. The first-order chi connectivity index (χ1) is 12.0. The second-order valence-electron chi connectivity index (χ2n) is 5.65. The zero-order chi connectivity index (χ0) is 18.0. The van der Waals surface area contributed by atoms with Crippen molar-refractivity contribution in [1.29, 1.82) is 0 Å². The number of hydrogen-bond donors (Lipinski definition) is 2. The monoisotopic (exact) mass is 356 g/mol. The number of ether oxygens (including phenoxy) is 1. The van der Waals surface area contributed by atoms with Gasteiger partial charge < -0.3 is 15.4 Å². The van der Waals surface area contributed by atoms with Crippen molar-refractivity contribution in [2.75, 3.05) is 7.11 Å². The van der Waals surface area contributed by atoms with E-state index in [0.29, 0.717) is 27.6 Å². The Labute approximate surface area is 150 Å². The molecule has 2 aromatic carbocycles. The highest BCUT2D eigenvalue weighted by molar-refractivity contribution is 6.30. The molecule has 6 heteroatoms. The van der Waals surface area contributed by atoms with Crippen molar-refractivity contribution in [3.63, 3.8) is 0 Å². The summed E-state index contributed by atoms with van der Waals surface area (Å²) >= 11 is 5.90. The average molecular weight is 357 g/mol. The molecule has 2 N–H and O–H groups in total. The van der Waals surface area contributed by atoms with Gasteiger partial charge in [-0.2, -0.15) is 0 Å². The van der Waals surface area contributed by atoms with Crippen LogP contribution < -0.4 is 15.4 Å². The summed E-state index contributed by atoms with van der Waals surface area (Å²) in [6, 6.07) is 13.0. The van der Waals surface area contributed by atoms with E-state index in [1.54, 1.807) is 44.4 Å². The number of benzene rings is 2. The van der Waals surface area contributed by atoms with E-state index >= 15 is 0 Å². The molecule has 0 fully saturated rings. The number of carbonyl (C=O) groups excluding carboxylic acids is 2. The fraction of sp³-hybridized carbons (Fsp3) is 0.158. The molecule has 1 atom stereocenters. The molecule has 25 heavy (non-hydrogen) atoms. The fourth-order valence-electron chi connectivity index (χ4n) is 2.89. The van der Waals surface area contributed by atoms with Crippen LogP contribution in [0.2, 0.25) is 5.02 Å². The topological polar surface area (TPSA) is 67.4 Å². The van der Waals surface area contributed by atoms with Gasteiger partial charge in [0.2, 0.25) is 0 Å². The van der Waals surface area contributed by atoms with Crippen LogP contribution in [0.25, 0.3) is 0 Å². The molecule has 0 aliphatic carbocycles. The lowest BCUT2D eigenvalue weighted by molar-refractivity contribution is 0.102. The molecular formula is C19H17ClN2O3. The summed E-state index contributed by atoms with van der Waals surface area (Å²) in [6.07, 6.45) is 0. The molecule has 1 heterocycles. The zero-order valence-electron chi connectivity index (χ0n) is 13.8. The molecule has 0 aromatic heterocycles. The Bertz CT molecular complexity index is 859. The van der Waals surface area contributed by atoms with Crippen LogP contribution in [0.1, 0.15) is 28.9 Å². The first-order valence-electron chi connectivity index (χ1n) is 7.72. The molecule has 1 aliphatic rings. The van der Waals surface area contributed by atoms with Gasteiger partial charge in [0.15, 0.2) is 5.78 Å². The summed E-state index contributed by atoms with van der Waals surface area (Å²) in [4.78, 5) is 25.1. The van der Waals surface area contributed by atoms with Gasteiger partial charge in [0, 0.05) is 27.4 Å². The maximum atomic E-state index is 13.1. The van der Waals surface area contributed by atoms with E-state index in [-0.39, 0.29) is 11.8 Å². The lowest BCUT2D eigenvalue weighted by Gasteiger charge is -2.29. The van der Waals surface area contributed by atoms with E-state index < -0.39 is 6.04 Å². The third kappa shape index (κ3) is 3.37. The van der Waals surface area contributed by atoms with Gasteiger partial charge in [0.25, 0.3) is 0 Å². The van der Waals surface area contributed by atoms with Gasteiger partial charge in [0.05, 0.1) is 13.2 Å². The third-order valence-electron chi connectivity index (χ3n) is 4.07. The summed E-state index contributed by atoms with van der Waals surface area (Å²) in [5.74, 6) is 0.418. The maximum Gasteiger partial charge on any atom is 0.319 e. The van der Waals surface area contributed by atoms with Gasteiger partial charge in [-0.25, -0.2) is 4.79 Å². The molecule has 0 saturated heterocycles. The number of carbonyl (C=O) groups is 2. The Morgan fingerprint density at radius 1 is 1.12 bits per heavy atom. The van der Waals surface area contributed by atoms with Crippen LogP contribution in [0.3, 0.4) is 0 Å². The lowest BCUT2D eigenvalue weighted by Crippen LogP contribution is -2.45. The maximum absolute atomic E-state index is 13.1. The Morgan fingerprint density at radius 2 is 1.80 bits per heavy atom. The smallest absolute Gasteiger partial charge is 0.319 e. The Morgan fingerprint density at radius 3 is 2.48 bits per heavy atom. The highest BCUT2D eigenvalue weighted by Crippen LogP contribution is 2.34. The lowest BCUT2D eigenvalue weighted by atomic mass is 9.89. The quantitative estimate of drug-likeness (QED) is 0.817. The zero-order valence-corrected chi connectivity index (χ0v) is 14.6. The number of allylic oxidation sites excluding steroid dienone is 1. The summed E-state index contributed by atoms with van der Waals surface area (Å²) in [5, 5.41) is 6.04. The molecule has 2 amide bonds. The number of ketones is 1. The number of urea groups is 1. The second kappa shape index (κ2) is 6.99. The number of halogens is 1. The molecule has 0 bridgehead atoms. The molecule has 0 unspecified atom stereocenters. The number of rotatable bonds is 4. The number of amides is 2. The first-order valence-corrected chi connectivity index (χ1v) is 8.10. The van der Waals surface area contributed by atoms with E-state index in [9.17, 15) is 9.59 Å². The van der Waals surface area contributed by atoms with E-state index in [1.807, 2.05) is 18.2 Å². The van der Waals surface area contributed by atoms with E-state index in [1.165, 1.54) is 0 Å². The van der Waals surface area contributed by atoms with Crippen LogP contribution in [0.5, 0.6) is 5.75 Å². The van der Waals surface area contributed by atoms with Gasteiger partial charge in [-0.15, -0.1) is 0 Å². The van der Waals surface area contributed by atoms with Gasteiger partial charge in [-0.05, 0) is 37.3 Å². The van der Waals surface area contributed by atoms with Gasteiger partial charge in [-0.3, -0.25) is 4.79 Å². The molecular weight excluding hydrogens is 340 g/mol. The van der Waals surface area contributed by atoms with Crippen molar-refractivity contribution in [2.24, 2.45) is 0 Å². The minimum atomic E-state index is -0.604. The molecule has 2 aromatic rings. The van der Waals surface area contributed by atoms with Crippen LogP contribution in [0.15, 0.2) is 59.8 Å². The number of methoxy groups -OCH3 is 1. The molecule has 128 valence electrons. The summed E-state index contributed by atoms with van der Waals surface area (Å²) in [5.41, 5.74) is 2.19. The van der Waals surface area contributed by atoms with Crippen LogP contribution in [0, 0.1) is 0 Å². The second-order valence-corrected chi connectivity index (χ2v) is 6.08. The van der Waals surface area contributed by atoms with Crippen molar-refractivity contribution in [2.45, 2.75) is 13.0 Å². The van der Waals surface area contributed by atoms with Crippen molar-refractivity contribution < 1.29 is 14.3 Å². The van der Waals surface area contributed by atoms with Crippen LogP contribution in [-0.2, 0) is 0 Å². The van der Waals surface area contributed by atoms with Crippen molar-refractivity contribution >= 4 is 23.4 Å². The van der Waals surface area contributed by atoms with E-state index in [4.69, 9.17) is 16.3 Å². The SMILES string of the molecule is COc1ccccc1[C@H]1NC(=O)NC(C)=C1C(=O)c1ccc(Cl)cc1. The van der Waals surface area contributed by atoms with E-state index in [2.05, 4.69) is 10.6 Å².